The molecule has 0 aromatic rings. The molecule has 0 aromatic heterocycles. The largest absolute Gasteiger partial charge is 0.353 e. The summed E-state index contributed by atoms with van der Waals surface area (Å²) in [5.74, 6) is 0.583. The summed E-state index contributed by atoms with van der Waals surface area (Å²) < 4.78 is 0. The van der Waals surface area contributed by atoms with Crippen LogP contribution in [0.4, 0.5) is 0 Å². The molecule has 0 radical (unpaired) electrons. The highest BCUT2D eigenvalue weighted by atomic mass is 16.2. The lowest BCUT2D eigenvalue weighted by Gasteiger charge is -2.38. The van der Waals surface area contributed by atoms with Crippen LogP contribution in [0.2, 0.25) is 0 Å². The molecular weight excluding hydrogens is 210 g/mol. The van der Waals surface area contributed by atoms with E-state index in [2.05, 4.69) is 19.2 Å². The summed E-state index contributed by atoms with van der Waals surface area (Å²) in [6.07, 6.45) is 11.1. The zero-order valence-corrected chi connectivity index (χ0v) is 11.4. The van der Waals surface area contributed by atoms with E-state index in [1.54, 1.807) is 0 Å². The first-order valence-corrected chi connectivity index (χ1v) is 7.40. The van der Waals surface area contributed by atoms with Gasteiger partial charge in [-0.3, -0.25) is 4.79 Å². The topological polar surface area (TPSA) is 29.1 Å². The van der Waals surface area contributed by atoms with E-state index in [9.17, 15) is 4.79 Å². The molecule has 0 bridgehead atoms. The predicted octanol–water partition coefficient (Wildman–Crippen LogP) is 3.65. The lowest BCUT2D eigenvalue weighted by atomic mass is 9.68. The minimum atomic E-state index is 0.205. The molecule has 2 nitrogen and oxygen atoms in total. The van der Waals surface area contributed by atoms with Crippen LogP contribution in [0, 0.1) is 11.3 Å². The number of carbonyl (C=O) groups is 1. The van der Waals surface area contributed by atoms with Crippen molar-refractivity contribution in [2.45, 2.75) is 77.7 Å². The van der Waals surface area contributed by atoms with E-state index in [-0.39, 0.29) is 11.3 Å². The maximum absolute atomic E-state index is 12.4. The van der Waals surface area contributed by atoms with Gasteiger partial charge in [-0.1, -0.05) is 46.0 Å². The molecule has 0 spiro atoms. The normalized spacial score (nSPS) is 29.9. The third-order valence-corrected chi connectivity index (χ3v) is 4.78. The Labute approximate surface area is 106 Å². The van der Waals surface area contributed by atoms with E-state index >= 15 is 0 Å². The quantitative estimate of drug-likeness (QED) is 0.780. The van der Waals surface area contributed by atoms with Gasteiger partial charge in [0.05, 0.1) is 0 Å². The Balaban J connectivity index is 1.89. The molecule has 0 saturated heterocycles. The first-order valence-electron chi connectivity index (χ1n) is 7.40. The van der Waals surface area contributed by atoms with Gasteiger partial charge in [0.15, 0.2) is 0 Å². The molecule has 0 aromatic carbocycles. The van der Waals surface area contributed by atoms with Crippen LogP contribution < -0.4 is 5.32 Å². The second-order valence-corrected chi connectivity index (χ2v) is 6.63. The van der Waals surface area contributed by atoms with Gasteiger partial charge in [0.1, 0.15) is 0 Å². The van der Waals surface area contributed by atoms with Crippen molar-refractivity contribution in [3.8, 4) is 0 Å². The van der Waals surface area contributed by atoms with Gasteiger partial charge in [0.25, 0.3) is 0 Å². The molecule has 98 valence electrons. The minimum Gasteiger partial charge on any atom is -0.353 e. The third kappa shape index (κ3) is 3.23. The number of amides is 1. The smallest absolute Gasteiger partial charge is 0.223 e. The average Bonchev–Trinajstić information content (AvgIpc) is 2.29. The lowest BCUT2D eigenvalue weighted by Crippen LogP contribution is -2.45. The Hall–Kier alpha value is -0.530. The van der Waals surface area contributed by atoms with Gasteiger partial charge in [0, 0.05) is 12.0 Å². The number of rotatable bonds is 2. The zero-order valence-electron chi connectivity index (χ0n) is 11.4. The van der Waals surface area contributed by atoms with Crippen LogP contribution in [-0.2, 0) is 4.79 Å². The van der Waals surface area contributed by atoms with E-state index in [4.69, 9.17) is 0 Å². The summed E-state index contributed by atoms with van der Waals surface area (Å²) in [7, 11) is 0. The predicted molar refractivity (Wildman–Crippen MR) is 70.8 cm³/mol. The van der Waals surface area contributed by atoms with Gasteiger partial charge in [-0.15, -0.1) is 0 Å². The van der Waals surface area contributed by atoms with Crippen molar-refractivity contribution in [2.24, 2.45) is 11.3 Å². The molecule has 2 saturated carbocycles. The minimum absolute atomic E-state index is 0.205. The molecule has 2 fully saturated rings. The van der Waals surface area contributed by atoms with Crippen LogP contribution >= 0.6 is 0 Å². The molecule has 2 rings (SSSR count). The molecule has 2 aliphatic carbocycles. The Morgan fingerprint density at radius 1 is 1.00 bits per heavy atom. The molecule has 2 aliphatic rings. The Morgan fingerprint density at radius 2 is 1.65 bits per heavy atom. The molecule has 1 amide bonds. The van der Waals surface area contributed by atoms with Crippen molar-refractivity contribution in [3.05, 3.63) is 0 Å². The lowest BCUT2D eigenvalue weighted by molar-refractivity contribution is -0.131. The molecule has 1 atom stereocenters. The van der Waals surface area contributed by atoms with Crippen molar-refractivity contribution < 1.29 is 4.79 Å². The molecule has 2 heteroatoms. The molecule has 1 N–H and O–H groups in total. The highest BCUT2D eigenvalue weighted by Crippen LogP contribution is 2.40. The summed E-state index contributed by atoms with van der Waals surface area (Å²) >= 11 is 0. The molecule has 0 aliphatic heterocycles. The fourth-order valence-corrected chi connectivity index (χ4v) is 3.53. The molecular formula is C15H27NO. The first kappa shape index (κ1) is 12.9. The molecule has 17 heavy (non-hydrogen) atoms. The number of carbonyl (C=O) groups excluding carboxylic acids is 1. The van der Waals surface area contributed by atoms with Crippen LogP contribution in [-0.4, -0.2) is 11.9 Å². The van der Waals surface area contributed by atoms with E-state index in [1.807, 2.05) is 0 Å². The number of hydrogen-bond donors (Lipinski definition) is 1. The van der Waals surface area contributed by atoms with Crippen LogP contribution in [0.3, 0.4) is 0 Å². The van der Waals surface area contributed by atoms with E-state index < -0.39 is 0 Å². The van der Waals surface area contributed by atoms with Crippen LogP contribution in [0.15, 0.2) is 0 Å². The van der Waals surface area contributed by atoms with Crippen LogP contribution in [0.1, 0.15) is 71.6 Å². The van der Waals surface area contributed by atoms with Gasteiger partial charge in [-0.25, -0.2) is 0 Å². The average molecular weight is 237 g/mol. The van der Waals surface area contributed by atoms with Crippen molar-refractivity contribution >= 4 is 5.91 Å². The highest BCUT2D eigenvalue weighted by molar-refractivity contribution is 5.79. The first-order chi connectivity index (χ1) is 8.09. The Bertz CT molecular complexity index is 266. The van der Waals surface area contributed by atoms with Crippen molar-refractivity contribution in [3.63, 3.8) is 0 Å². The van der Waals surface area contributed by atoms with Crippen molar-refractivity contribution in [1.82, 2.24) is 5.32 Å². The zero-order chi connectivity index (χ0) is 12.3. The van der Waals surface area contributed by atoms with Gasteiger partial charge >= 0.3 is 0 Å². The monoisotopic (exact) mass is 237 g/mol. The van der Waals surface area contributed by atoms with Crippen molar-refractivity contribution in [1.29, 1.82) is 0 Å². The van der Waals surface area contributed by atoms with Gasteiger partial charge in [0.2, 0.25) is 5.91 Å². The second-order valence-electron chi connectivity index (χ2n) is 6.63. The summed E-state index contributed by atoms with van der Waals surface area (Å²) in [5, 5.41) is 3.31. The standard InChI is InChI=1S/C15H27NO/c1-15(2)11-7-6-10-13(15)14(17)16-12-8-4-3-5-9-12/h12-13H,3-11H2,1-2H3,(H,16,17). The SMILES string of the molecule is CC1(C)CCCCC1C(=O)NC1CCCCC1. The summed E-state index contributed by atoms with van der Waals surface area (Å²) in [5.41, 5.74) is 0.205. The number of nitrogens with one attached hydrogen (secondary N) is 1. The summed E-state index contributed by atoms with van der Waals surface area (Å²) in [6, 6.07) is 0.467. The van der Waals surface area contributed by atoms with E-state index in [1.165, 1.54) is 51.4 Å². The maximum atomic E-state index is 12.4. The highest BCUT2D eigenvalue weighted by Gasteiger charge is 2.37. The fraction of sp³-hybridized carbons (Fsp3) is 0.933. The summed E-state index contributed by atoms with van der Waals surface area (Å²) in [6.45, 7) is 4.52. The van der Waals surface area contributed by atoms with Gasteiger partial charge in [-0.05, 0) is 31.1 Å². The Morgan fingerprint density at radius 3 is 2.29 bits per heavy atom. The molecule has 0 heterocycles. The van der Waals surface area contributed by atoms with Crippen molar-refractivity contribution in [2.75, 3.05) is 0 Å². The van der Waals surface area contributed by atoms with E-state index in [0.717, 1.165) is 6.42 Å². The number of hydrogen-bond acceptors (Lipinski definition) is 1. The summed E-state index contributed by atoms with van der Waals surface area (Å²) in [4.78, 5) is 12.4. The fourth-order valence-electron chi connectivity index (χ4n) is 3.53. The maximum Gasteiger partial charge on any atom is 0.223 e. The van der Waals surface area contributed by atoms with Crippen LogP contribution in [0.25, 0.3) is 0 Å². The Kier molecular flexibility index (Phi) is 4.11. The van der Waals surface area contributed by atoms with Crippen LogP contribution in [0.5, 0.6) is 0 Å². The third-order valence-electron chi connectivity index (χ3n) is 4.78. The second kappa shape index (κ2) is 5.41. The van der Waals surface area contributed by atoms with Gasteiger partial charge in [-0.2, -0.15) is 0 Å². The van der Waals surface area contributed by atoms with E-state index in [0.29, 0.717) is 11.9 Å². The molecule has 1 unspecified atom stereocenters. The van der Waals surface area contributed by atoms with Gasteiger partial charge < -0.3 is 5.32 Å².